The van der Waals surface area contributed by atoms with Gasteiger partial charge < -0.3 is 14.9 Å². The number of thioether (sulfide) groups is 1. The number of benzene rings is 1. The summed E-state index contributed by atoms with van der Waals surface area (Å²) in [4.78, 5) is 40.5. The van der Waals surface area contributed by atoms with Crippen LogP contribution in [0.2, 0.25) is 0 Å². The van der Waals surface area contributed by atoms with Crippen LogP contribution >= 0.6 is 11.8 Å². The molecule has 6 nitrogen and oxygen atoms in total. The lowest BCUT2D eigenvalue weighted by Crippen LogP contribution is -2.51. The monoisotopic (exact) mass is 376 g/mol. The minimum Gasteiger partial charge on any atom is -0.481 e. The molecule has 2 heterocycles. The molecule has 2 aliphatic rings. The SMILES string of the molecule is CCCCC(=O)N1CSCC1C(=O)N1Cc2ccccc2C(C(=O)O)C1. The van der Waals surface area contributed by atoms with Crippen molar-refractivity contribution < 1.29 is 19.5 Å². The number of nitrogens with zero attached hydrogens (tertiary/aromatic N) is 2. The van der Waals surface area contributed by atoms with Crippen LogP contribution in [-0.4, -0.2) is 56.9 Å². The molecule has 0 aromatic heterocycles. The highest BCUT2D eigenvalue weighted by Gasteiger charge is 2.40. The Hall–Kier alpha value is -2.02. The van der Waals surface area contributed by atoms with Crippen LogP contribution in [0.5, 0.6) is 0 Å². The van der Waals surface area contributed by atoms with E-state index in [2.05, 4.69) is 0 Å². The fourth-order valence-electron chi connectivity index (χ4n) is 3.56. The van der Waals surface area contributed by atoms with Gasteiger partial charge in [0.1, 0.15) is 6.04 Å². The third-order valence-electron chi connectivity index (χ3n) is 5.04. The van der Waals surface area contributed by atoms with Gasteiger partial charge in [0.2, 0.25) is 11.8 Å². The van der Waals surface area contributed by atoms with E-state index in [1.165, 1.54) is 0 Å². The zero-order valence-corrected chi connectivity index (χ0v) is 15.7. The van der Waals surface area contributed by atoms with Gasteiger partial charge in [-0.3, -0.25) is 14.4 Å². The third kappa shape index (κ3) is 3.72. The summed E-state index contributed by atoms with van der Waals surface area (Å²) in [6.07, 6.45) is 2.22. The van der Waals surface area contributed by atoms with Crippen LogP contribution in [0.1, 0.15) is 43.2 Å². The Morgan fingerprint density at radius 1 is 1.27 bits per heavy atom. The van der Waals surface area contributed by atoms with Crippen molar-refractivity contribution in [1.29, 1.82) is 0 Å². The molecule has 1 aromatic rings. The van der Waals surface area contributed by atoms with E-state index in [0.29, 0.717) is 24.6 Å². The summed E-state index contributed by atoms with van der Waals surface area (Å²) in [5.41, 5.74) is 1.65. The van der Waals surface area contributed by atoms with Crippen LogP contribution in [-0.2, 0) is 20.9 Å². The van der Waals surface area contributed by atoms with E-state index >= 15 is 0 Å². The summed E-state index contributed by atoms with van der Waals surface area (Å²) in [5, 5.41) is 9.58. The largest absolute Gasteiger partial charge is 0.481 e. The molecule has 26 heavy (non-hydrogen) atoms. The molecule has 2 unspecified atom stereocenters. The number of amides is 2. The molecule has 1 fully saturated rings. The van der Waals surface area contributed by atoms with Crippen LogP contribution in [0, 0.1) is 0 Å². The first kappa shape index (κ1) is 18.8. The number of unbranched alkanes of at least 4 members (excludes halogenated alkanes) is 1. The number of carbonyl (C=O) groups is 3. The van der Waals surface area contributed by atoms with E-state index in [0.717, 1.165) is 24.0 Å². The van der Waals surface area contributed by atoms with Crippen LogP contribution in [0.25, 0.3) is 0 Å². The minimum atomic E-state index is -0.924. The van der Waals surface area contributed by atoms with Crippen molar-refractivity contribution in [3.05, 3.63) is 35.4 Å². The lowest BCUT2D eigenvalue weighted by atomic mass is 9.89. The first-order valence-corrected chi connectivity index (χ1v) is 10.1. The second-order valence-corrected chi connectivity index (χ2v) is 7.79. The first-order valence-electron chi connectivity index (χ1n) is 8.99. The summed E-state index contributed by atoms with van der Waals surface area (Å²) in [6, 6.07) is 6.90. The van der Waals surface area contributed by atoms with Gasteiger partial charge in [-0.15, -0.1) is 11.8 Å². The van der Waals surface area contributed by atoms with Crippen molar-refractivity contribution >= 4 is 29.5 Å². The molecule has 0 bridgehead atoms. The number of hydrogen-bond donors (Lipinski definition) is 1. The summed E-state index contributed by atoms with van der Waals surface area (Å²) < 4.78 is 0. The second kappa shape index (κ2) is 8.12. The van der Waals surface area contributed by atoms with E-state index in [9.17, 15) is 19.5 Å². The molecule has 3 rings (SSSR count). The number of carboxylic acid groups (broad SMARTS) is 1. The van der Waals surface area contributed by atoms with Gasteiger partial charge in [0.15, 0.2) is 0 Å². The van der Waals surface area contributed by atoms with E-state index < -0.39 is 17.9 Å². The summed E-state index contributed by atoms with van der Waals surface area (Å²) in [5.74, 6) is -0.657. The van der Waals surface area contributed by atoms with Gasteiger partial charge in [0.25, 0.3) is 0 Å². The van der Waals surface area contributed by atoms with Crippen LogP contribution in [0.4, 0.5) is 0 Å². The number of rotatable bonds is 5. The molecule has 1 aromatic carbocycles. The summed E-state index contributed by atoms with van der Waals surface area (Å²) in [6.45, 7) is 2.59. The number of fused-ring (bicyclic) bond motifs is 1. The van der Waals surface area contributed by atoms with E-state index in [-0.39, 0.29) is 18.4 Å². The van der Waals surface area contributed by atoms with Crippen LogP contribution < -0.4 is 0 Å². The van der Waals surface area contributed by atoms with Gasteiger partial charge in [-0.2, -0.15) is 0 Å². The molecule has 2 atom stereocenters. The highest BCUT2D eigenvalue weighted by atomic mass is 32.2. The number of aliphatic carboxylic acids is 1. The van der Waals surface area contributed by atoms with E-state index in [4.69, 9.17) is 0 Å². The predicted octanol–water partition coefficient (Wildman–Crippen LogP) is 2.29. The predicted molar refractivity (Wildman–Crippen MR) is 99.7 cm³/mol. The van der Waals surface area contributed by atoms with Crippen molar-refractivity contribution in [2.45, 2.75) is 44.7 Å². The molecule has 7 heteroatoms. The molecule has 1 N–H and O–H groups in total. The maximum atomic E-state index is 13.1. The second-order valence-electron chi connectivity index (χ2n) is 6.79. The Bertz CT molecular complexity index is 709. The van der Waals surface area contributed by atoms with Gasteiger partial charge in [0.05, 0.1) is 11.8 Å². The number of hydrogen-bond acceptors (Lipinski definition) is 4. The maximum absolute atomic E-state index is 13.1. The van der Waals surface area contributed by atoms with Gasteiger partial charge in [-0.1, -0.05) is 37.6 Å². The highest BCUT2D eigenvalue weighted by Crippen LogP contribution is 2.31. The molecule has 2 aliphatic heterocycles. The fourth-order valence-corrected chi connectivity index (χ4v) is 4.73. The highest BCUT2D eigenvalue weighted by molar-refractivity contribution is 7.99. The normalized spacial score (nSPS) is 22.2. The minimum absolute atomic E-state index is 0.0161. The van der Waals surface area contributed by atoms with Gasteiger partial charge >= 0.3 is 5.97 Å². The Morgan fingerprint density at radius 3 is 2.77 bits per heavy atom. The smallest absolute Gasteiger partial charge is 0.312 e. The molecule has 1 saturated heterocycles. The first-order chi connectivity index (χ1) is 12.5. The van der Waals surface area contributed by atoms with Gasteiger partial charge in [-0.05, 0) is 17.5 Å². The van der Waals surface area contributed by atoms with Gasteiger partial charge in [0, 0.05) is 25.3 Å². The quantitative estimate of drug-likeness (QED) is 0.853. The Morgan fingerprint density at radius 2 is 2.04 bits per heavy atom. The average molecular weight is 376 g/mol. The van der Waals surface area contributed by atoms with Crippen molar-refractivity contribution in [3.63, 3.8) is 0 Å². The zero-order chi connectivity index (χ0) is 18.7. The number of carbonyl (C=O) groups excluding carboxylic acids is 2. The molecule has 0 radical (unpaired) electrons. The standard InChI is InChI=1S/C19H24N2O4S/c1-2-3-8-17(22)21-12-26-11-16(21)18(23)20-9-13-6-4-5-7-14(13)15(10-20)19(24)25/h4-7,15-16H,2-3,8-12H2,1H3,(H,24,25). The maximum Gasteiger partial charge on any atom is 0.312 e. The third-order valence-corrected chi connectivity index (χ3v) is 6.05. The zero-order valence-electron chi connectivity index (χ0n) is 14.9. The van der Waals surface area contributed by atoms with E-state index in [1.54, 1.807) is 21.6 Å². The molecule has 0 aliphatic carbocycles. The molecular weight excluding hydrogens is 352 g/mol. The molecule has 140 valence electrons. The molecule has 2 amide bonds. The summed E-state index contributed by atoms with van der Waals surface area (Å²) >= 11 is 1.58. The van der Waals surface area contributed by atoms with Crippen molar-refractivity contribution in [1.82, 2.24) is 9.80 Å². The van der Waals surface area contributed by atoms with Gasteiger partial charge in [-0.25, -0.2) is 0 Å². The lowest BCUT2D eigenvalue weighted by molar-refractivity contribution is -0.146. The van der Waals surface area contributed by atoms with Crippen molar-refractivity contribution in [2.75, 3.05) is 18.2 Å². The average Bonchev–Trinajstić information content (AvgIpc) is 3.14. The van der Waals surface area contributed by atoms with Crippen molar-refractivity contribution in [2.24, 2.45) is 0 Å². The molecule has 0 spiro atoms. The topological polar surface area (TPSA) is 77.9 Å². The number of carboxylic acids is 1. The summed E-state index contributed by atoms with van der Waals surface area (Å²) in [7, 11) is 0. The fraction of sp³-hybridized carbons (Fsp3) is 0.526. The lowest BCUT2D eigenvalue weighted by Gasteiger charge is -2.35. The van der Waals surface area contributed by atoms with Crippen LogP contribution in [0.3, 0.4) is 0 Å². The van der Waals surface area contributed by atoms with Crippen LogP contribution in [0.15, 0.2) is 24.3 Å². The Labute approximate surface area is 157 Å². The van der Waals surface area contributed by atoms with E-state index in [1.807, 2.05) is 31.2 Å². The molecular formula is C19H24N2O4S. The van der Waals surface area contributed by atoms with Crippen molar-refractivity contribution in [3.8, 4) is 0 Å². The Kier molecular flexibility index (Phi) is 5.86. The molecule has 0 saturated carbocycles. The Balaban J connectivity index is 1.77.